The molecule has 1 aliphatic carbocycles. The standard InChI is InChI=1S/C17H19N5S.C2H6/c1-9-4-2-3-5-11(9)15-13-14(19)12(8-18)23-16(13)22-17(21-15)20-10-6-7-10;1-2/h2-5,10H,6-8,18-19H2,1H3,(H,20,21,22);1-2H3. The molecular weight excluding hydrogens is 330 g/mol. The van der Waals surface area contributed by atoms with E-state index < -0.39 is 0 Å². The fraction of sp³-hybridized carbons (Fsp3) is 0.368. The highest BCUT2D eigenvalue weighted by Crippen LogP contribution is 2.40. The summed E-state index contributed by atoms with van der Waals surface area (Å²) in [6.45, 7) is 6.51. The fourth-order valence-corrected chi connectivity index (χ4v) is 3.70. The minimum atomic E-state index is 0.422. The first kappa shape index (κ1) is 17.6. The Morgan fingerprint density at radius 1 is 1.20 bits per heavy atom. The van der Waals surface area contributed by atoms with Gasteiger partial charge in [-0.2, -0.15) is 0 Å². The molecule has 6 heteroatoms. The molecule has 132 valence electrons. The maximum absolute atomic E-state index is 6.33. The van der Waals surface area contributed by atoms with Crippen molar-refractivity contribution >= 4 is 33.2 Å². The molecule has 25 heavy (non-hydrogen) atoms. The molecule has 4 rings (SSSR count). The predicted molar refractivity (Wildman–Crippen MR) is 108 cm³/mol. The Kier molecular flexibility index (Phi) is 5.20. The van der Waals surface area contributed by atoms with Crippen LogP contribution in [0, 0.1) is 6.92 Å². The molecule has 1 fully saturated rings. The molecule has 1 aliphatic rings. The van der Waals surface area contributed by atoms with Crippen molar-refractivity contribution in [3.63, 3.8) is 0 Å². The van der Waals surface area contributed by atoms with Crippen LogP contribution in [0.3, 0.4) is 0 Å². The second-order valence-corrected chi connectivity index (χ2v) is 7.04. The van der Waals surface area contributed by atoms with Gasteiger partial charge in [-0.05, 0) is 25.3 Å². The van der Waals surface area contributed by atoms with Crippen molar-refractivity contribution in [1.29, 1.82) is 0 Å². The van der Waals surface area contributed by atoms with Crippen LogP contribution >= 0.6 is 11.3 Å². The number of hydrogen-bond donors (Lipinski definition) is 3. The molecule has 2 heterocycles. The minimum absolute atomic E-state index is 0.422. The van der Waals surface area contributed by atoms with E-state index in [0.717, 1.165) is 26.4 Å². The number of hydrogen-bond acceptors (Lipinski definition) is 6. The summed E-state index contributed by atoms with van der Waals surface area (Å²) in [4.78, 5) is 11.3. The van der Waals surface area contributed by atoms with Gasteiger partial charge in [0, 0.05) is 23.0 Å². The van der Waals surface area contributed by atoms with Gasteiger partial charge >= 0.3 is 0 Å². The molecule has 2 aromatic heterocycles. The zero-order valence-electron chi connectivity index (χ0n) is 15.0. The van der Waals surface area contributed by atoms with E-state index in [0.29, 0.717) is 24.2 Å². The highest BCUT2D eigenvalue weighted by Gasteiger charge is 2.24. The fourth-order valence-electron chi connectivity index (χ4n) is 2.73. The van der Waals surface area contributed by atoms with Gasteiger partial charge in [0.2, 0.25) is 5.95 Å². The lowest BCUT2D eigenvalue weighted by molar-refractivity contribution is 1.08. The van der Waals surface area contributed by atoms with E-state index in [9.17, 15) is 0 Å². The van der Waals surface area contributed by atoms with Crippen molar-refractivity contribution in [2.45, 2.75) is 46.2 Å². The molecule has 0 aliphatic heterocycles. The number of aromatic nitrogens is 2. The molecule has 0 atom stereocenters. The second-order valence-electron chi connectivity index (χ2n) is 5.95. The highest BCUT2D eigenvalue weighted by atomic mass is 32.1. The highest BCUT2D eigenvalue weighted by molar-refractivity contribution is 7.19. The lowest BCUT2D eigenvalue weighted by atomic mass is 10.0. The molecular formula is C19H25N5S. The van der Waals surface area contributed by atoms with Gasteiger partial charge in [0.15, 0.2) is 0 Å². The van der Waals surface area contributed by atoms with Crippen LogP contribution in [0.15, 0.2) is 24.3 Å². The van der Waals surface area contributed by atoms with Gasteiger partial charge in [0.1, 0.15) is 4.83 Å². The number of aryl methyl sites for hydroxylation is 1. The monoisotopic (exact) mass is 355 g/mol. The molecule has 1 saturated carbocycles. The van der Waals surface area contributed by atoms with Crippen LogP contribution in [-0.2, 0) is 6.54 Å². The number of anilines is 2. The first-order chi connectivity index (χ1) is 12.2. The topological polar surface area (TPSA) is 89.8 Å². The van der Waals surface area contributed by atoms with E-state index in [2.05, 4.69) is 29.4 Å². The molecule has 5 N–H and O–H groups in total. The Morgan fingerprint density at radius 3 is 2.56 bits per heavy atom. The smallest absolute Gasteiger partial charge is 0.224 e. The summed E-state index contributed by atoms with van der Waals surface area (Å²) in [6.07, 6.45) is 2.36. The van der Waals surface area contributed by atoms with E-state index in [4.69, 9.17) is 16.5 Å². The summed E-state index contributed by atoms with van der Waals surface area (Å²) in [5.74, 6) is 0.683. The Labute approximate surface area is 152 Å². The molecule has 0 amide bonds. The number of nitrogens with zero attached hydrogens (tertiary/aromatic N) is 2. The van der Waals surface area contributed by atoms with Gasteiger partial charge in [-0.1, -0.05) is 38.1 Å². The number of nitrogens with one attached hydrogen (secondary N) is 1. The van der Waals surface area contributed by atoms with Gasteiger partial charge in [-0.3, -0.25) is 0 Å². The molecule has 0 bridgehead atoms. The summed E-state index contributed by atoms with van der Waals surface area (Å²) in [5.41, 5.74) is 16.0. The van der Waals surface area contributed by atoms with Gasteiger partial charge in [-0.25, -0.2) is 9.97 Å². The SMILES string of the molecule is CC.Cc1ccccc1-c1nc(NC2CC2)nc2sc(CN)c(N)c12. The molecule has 5 nitrogen and oxygen atoms in total. The quantitative estimate of drug-likeness (QED) is 0.649. The third-order valence-electron chi connectivity index (χ3n) is 4.16. The average Bonchev–Trinajstić information content (AvgIpc) is 3.38. The van der Waals surface area contributed by atoms with Gasteiger partial charge < -0.3 is 16.8 Å². The van der Waals surface area contributed by atoms with Crippen LogP contribution in [0.5, 0.6) is 0 Å². The number of nitrogens with two attached hydrogens (primary N) is 2. The number of thiophene rings is 1. The lowest BCUT2D eigenvalue weighted by Crippen LogP contribution is -2.06. The van der Waals surface area contributed by atoms with E-state index >= 15 is 0 Å². The average molecular weight is 356 g/mol. The molecule has 1 aromatic carbocycles. The maximum atomic E-state index is 6.33. The van der Waals surface area contributed by atoms with Crippen molar-refractivity contribution in [2.24, 2.45) is 5.73 Å². The van der Waals surface area contributed by atoms with Crippen molar-refractivity contribution in [3.8, 4) is 11.3 Å². The predicted octanol–water partition coefficient (Wildman–Crippen LogP) is 4.31. The minimum Gasteiger partial charge on any atom is -0.397 e. The zero-order chi connectivity index (χ0) is 18.0. The summed E-state index contributed by atoms with van der Waals surface area (Å²) in [7, 11) is 0. The van der Waals surface area contributed by atoms with Crippen LogP contribution in [0.25, 0.3) is 21.5 Å². The van der Waals surface area contributed by atoms with Crippen molar-refractivity contribution in [3.05, 3.63) is 34.7 Å². The first-order valence-corrected chi connectivity index (χ1v) is 9.60. The largest absolute Gasteiger partial charge is 0.397 e. The number of rotatable bonds is 4. The van der Waals surface area contributed by atoms with Gasteiger partial charge in [0.25, 0.3) is 0 Å². The van der Waals surface area contributed by atoms with Crippen LogP contribution in [-0.4, -0.2) is 16.0 Å². The Bertz CT molecular complexity index is 883. The van der Waals surface area contributed by atoms with Crippen LogP contribution in [0.2, 0.25) is 0 Å². The summed E-state index contributed by atoms with van der Waals surface area (Å²) in [6, 6.07) is 8.73. The van der Waals surface area contributed by atoms with Crippen molar-refractivity contribution in [2.75, 3.05) is 11.1 Å². The van der Waals surface area contributed by atoms with Gasteiger partial charge in [-0.15, -0.1) is 11.3 Å². The lowest BCUT2D eigenvalue weighted by Gasteiger charge is -2.10. The third-order valence-corrected chi connectivity index (χ3v) is 5.28. The molecule has 0 unspecified atom stereocenters. The van der Waals surface area contributed by atoms with E-state index in [1.807, 2.05) is 26.0 Å². The van der Waals surface area contributed by atoms with Crippen LogP contribution in [0.1, 0.15) is 37.1 Å². The normalized spacial score (nSPS) is 13.4. The Morgan fingerprint density at radius 2 is 1.92 bits per heavy atom. The Balaban J connectivity index is 0.000000880. The summed E-state index contributed by atoms with van der Waals surface area (Å²) >= 11 is 1.56. The third kappa shape index (κ3) is 3.45. The summed E-state index contributed by atoms with van der Waals surface area (Å²) < 4.78 is 0. The molecule has 0 radical (unpaired) electrons. The summed E-state index contributed by atoms with van der Waals surface area (Å²) in [5, 5.41) is 4.32. The number of benzene rings is 1. The zero-order valence-corrected chi connectivity index (χ0v) is 15.8. The second kappa shape index (κ2) is 7.37. The maximum Gasteiger partial charge on any atom is 0.224 e. The van der Waals surface area contributed by atoms with Crippen LogP contribution in [0.4, 0.5) is 11.6 Å². The van der Waals surface area contributed by atoms with Gasteiger partial charge in [0.05, 0.1) is 16.8 Å². The molecule has 0 saturated heterocycles. The number of nitrogen functional groups attached to an aromatic ring is 1. The molecule has 3 aromatic rings. The number of fused-ring (bicyclic) bond motifs is 1. The van der Waals surface area contributed by atoms with Crippen LogP contribution < -0.4 is 16.8 Å². The Hall–Kier alpha value is -2.18. The first-order valence-electron chi connectivity index (χ1n) is 8.79. The van der Waals surface area contributed by atoms with Crippen molar-refractivity contribution in [1.82, 2.24) is 9.97 Å². The molecule has 0 spiro atoms. The van der Waals surface area contributed by atoms with E-state index in [1.165, 1.54) is 18.4 Å². The van der Waals surface area contributed by atoms with Crippen molar-refractivity contribution < 1.29 is 0 Å². The van der Waals surface area contributed by atoms with E-state index in [1.54, 1.807) is 11.3 Å². The van der Waals surface area contributed by atoms with E-state index in [-0.39, 0.29) is 0 Å².